The van der Waals surface area contributed by atoms with E-state index in [-0.39, 0.29) is 11.8 Å². The third-order valence-corrected chi connectivity index (χ3v) is 4.82. The number of hydrogen-bond acceptors (Lipinski definition) is 5. The van der Waals surface area contributed by atoms with Crippen molar-refractivity contribution in [2.45, 2.75) is 13.0 Å². The fraction of sp³-hybridized carbons (Fsp3) is 0.450. The molecule has 0 saturated carbocycles. The van der Waals surface area contributed by atoms with E-state index in [4.69, 9.17) is 0 Å². The van der Waals surface area contributed by atoms with Crippen LogP contribution in [0, 0.1) is 5.92 Å². The molecule has 26 heavy (non-hydrogen) atoms. The molecule has 1 atom stereocenters. The second kappa shape index (κ2) is 8.27. The number of pyridine rings is 2. The van der Waals surface area contributed by atoms with Gasteiger partial charge in [0.05, 0.1) is 5.92 Å². The highest BCUT2D eigenvalue weighted by Gasteiger charge is 2.29. The zero-order valence-electron chi connectivity index (χ0n) is 15.8. The molecule has 138 valence electrons. The molecule has 2 aromatic rings. The second-order valence-electron chi connectivity index (χ2n) is 7.10. The number of amides is 1. The zero-order chi connectivity index (χ0) is 18.5. The fourth-order valence-corrected chi connectivity index (χ4v) is 3.46. The summed E-state index contributed by atoms with van der Waals surface area (Å²) in [6, 6.07) is 9.97. The lowest BCUT2D eigenvalue weighted by atomic mass is 10.0. The summed E-state index contributed by atoms with van der Waals surface area (Å²) in [7, 11) is 5.91. The van der Waals surface area contributed by atoms with Gasteiger partial charge in [-0.25, -0.2) is 4.98 Å². The maximum Gasteiger partial charge on any atom is 0.227 e. The van der Waals surface area contributed by atoms with Gasteiger partial charge in [0.25, 0.3) is 0 Å². The van der Waals surface area contributed by atoms with Crippen LogP contribution in [0.1, 0.15) is 11.3 Å². The molecule has 0 bridgehead atoms. The van der Waals surface area contributed by atoms with Crippen LogP contribution in [0.4, 0.5) is 5.82 Å². The van der Waals surface area contributed by atoms with Crippen LogP contribution < -0.4 is 4.90 Å². The Bertz CT molecular complexity index is 734. The van der Waals surface area contributed by atoms with Crippen LogP contribution in [0.2, 0.25) is 0 Å². The van der Waals surface area contributed by atoms with E-state index < -0.39 is 0 Å². The van der Waals surface area contributed by atoms with Gasteiger partial charge in [0.2, 0.25) is 5.91 Å². The van der Waals surface area contributed by atoms with Gasteiger partial charge in [0.15, 0.2) is 0 Å². The third-order valence-electron chi connectivity index (χ3n) is 4.82. The second-order valence-corrected chi connectivity index (χ2v) is 7.10. The lowest BCUT2D eigenvalue weighted by molar-refractivity contribution is -0.133. The molecule has 0 radical (unpaired) electrons. The standard InChI is InChI=1S/C20H27N5O/c1-23(2)19-16(7-6-10-22-19)14-25-12-11-24(3)20(26)17(15-25)13-18-8-4-5-9-21-18/h4-10,17H,11-15H2,1-3H3. The molecule has 0 N–H and O–H groups in total. The third kappa shape index (κ3) is 4.38. The molecular formula is C20H27N5O. The smallest absolute Gasteiger partial charge is 0.227 e. The van der Waals surface area contributed by atoms with Gasteiger partial charge in [-0.3, -0.25) is 14.7 Å². The van der Waals surface area contributed by atoms with Crippen molar-refractivity contribution in [2.24, 2.45) is 5.92 Å². The Morgan fingerprint density at radius 2 is 1.92 bits per heavy atom. The van der Waals surface area contributed by atoms with Crippen molar-refractivity contribution < 1.29 is 4.79 Å². The highest BCUT2D eigenvalue weighted by molar-refractivity contribution is 5.79. The predicted octanol–water partition coefficient (Wildman–Crippen LogP) is 1.68. The molecule has 1 saturated heterocycles. The number of nitrogens with zero attached hydrogens (tertiary/aromatic N) is 5. The van der Waals surface area contributed by atoms with Gasteiger partial charge in [-0.1, -0.05) is 12.1 Å². The Balaban J connectivity index is 1.77. The maximum absolute atomic E-state index is 12.8. The average molecular weight is 353 g/mol. The van der Waals surface area contributed by atoms with Gasteiger partial charge in [-0.05, 0) is 18.2 Å². The number of carbonyl (C=O) groups is 1. The normalized spacial score (nSPS) is 18.7. The van der Waals surface area contributed by atoms with E-state index >= 15 is 0 Å². The van der Waals surface area contributed by atoms with Crippen molar-refractivity contribution in [3.63, 3.8) is 0 Å². The number of hydrogen-bond donors (Lipinski definition) is 0. The topological polar surface area (TPSA) is 52.6 Å². The van der Waals surface area contributed by atoms with E-state index in [0.29, 0.717) is 6.42 Å². The zero-order valence-corrected chi connectivity index (χ0v) is 15.8. The Labute approximate surface area is 155 Å². The first kappa shape index (κ1) is 18.3. The van der Waals surface area contributed by atoms with Crippen molar-refractivity contribution in [3.05, 3.63) is 54.0 Å². The summed E-state index contributed by atoms with van der Waals surface area (Å²) in [4.78, 5) is 27.9. The van der Waals surface area contributed by atoms with E-state index in [0.717, 1.165) is 37.7 Å². The minimum absolute atomic E-state index is 0.0723. The molecule has 1 fully saturated rings. The SMILES string of the molecule is CN1CCN(Cc2cccnc2N(C)C)CC(Cc2ccccn2)C1=O. The summed E-state index contributed by atoms with van der Waals surface area (Å²) in [5.74, 6) is 1.12. The summed E-state index contributed by atoms with van der Waals surface area (Å²) in [6.07, 6.45) is 4.29. The van der Waals surface area contributed by atoms with Crippen LogP contribution in [0.3, 0.4) is 0 Å². The molecule has 0 aliphatic carbocycles. The van der Waals surface area contributed by atoms with Crippen LogP contribution in [-0.4, -0.2) is 66.5 Å². The van der Waals surface area contributed by atoms with Crippen LogP contribution >= 0.6 is 0 Å². The Hall–Kier alpha value is -2.47. The summed E-state index contributed by atoms with van der Waals surface area (Å²) in [6.45, 7) is 3.14. The van der Waals surface area contributed by atoms with Crippen molar-refractivity contribution in [1.82, 2.24) is 19.8 Å². The van der Waals surface area contributed by atoms with E-state index in [1.54, 1.807) is 6.20 Å². The first-order valence-corrected chi connectivity index (χ1v) is 9.03. The van der Waals surface area contributed by atoms with E-state index in [9.17, 15) is 4.79 Å². The first-order valence-electron chi connectivity index (χ1n) is 9.03. The monoisotopic (exact) mass is 353 g/mol. The Kier molecular flexibility index (Phi) is 5.83. The molecule has 6 heteroatoms. The van der Waals surface area contributed by atoms with Gasteiger partial charge in [-0.2, -0.15) is 0 Å². The van der Waals surface area contributed by atoms with Gasteiger partial charge in [0, 0.05) is 77.4 Å². The molecular weight excluding hydrogens is 326 g/mol. The number of carbonyl (C=O) groups excluding carboxylic acids is 1. The minimum Gasteiger partial charge on any atom is -0.362 e. The molecule has 1 amide bonds. The van der Waals surface area contributed by atoms with E-state index in [2.05, 4.69) is 20.9 Å². The molecule has 6 nitrogen and oxygen atoms in total. The quantitative estimate of drug-likeness (QED) is 0.819. The molecule has 3 rings (SSSR count). The van der Waals surface area contributed by atoms with Crippen LogP contribution in [0.15, 0.2) is 42.7 Å². The van der Waals surface area contributed by atoms with E-state index in [1.807, 2.05) is 61.4 Å². The van der Waals surface area contributed by atoms with E-state index in [1.165, 1.54) is 5.56 Å². The summed E-state index contributed by atoms with van der Waals surface area (Å²) >= 11 is 0. The predicted molar refractivity (Wildman–Crippen MR) is 103 cm³/mol. The number of likely N-dealkylation sites (N-methyl/N-ethyl adjacent to an activating group) is 1. The van der Waals surface area contributed by atoms with Gasteiger partial charge in [0.1, 0.15) is 5.82 Å². The molecule has 0 spiro atoms. The van der Waals surface area contributed by atoms with Crippen molar-refractivity contribution >= 4 is 11.7 Å². The molecule has 1 aliphatic heterocycles. The number of anilines is 1. The minimum atomic E-state index is -0.0723. The summed E-state index contributed by atoms with van der Waals surface area (Å²) in [5.41, 5.74) is 2.16. The van der Waals surface area contributed by atoms with Crippen molar-refractivity contribution in [1.29, 1.82) is 0 Å². The summed E-state index contributed by atoms with van der Waals surface area (Å²) < 4.78 is 0. The fourth-order valence-electron chi connectivity index (χ4n) is 3.46. The van der Waals surface area contributed by atoms with Crippen LogP contribution in [-0.2, 0) is 17.8 Å². The van der Waals surface area contributed by atoms with Gasteiger partial charge < -0.3 is 9.80 Å². The lowest BCUT2D eigenvalue weighted by Gasteiger charge is -2.25. The highest BCUT2D eigenvalue weighted by atomic mass is 16.2. The molecule has 0 aromatic carbocycles. The number of aromatic nitrogens is 2. The maximum atomic E-state index is 12.8. The van der Waals surface area contributed by atoms with Crippen LogP contribution in [0.5, 0.6) is 0 Å². The van der Waals surface area contributed by atoms with Crippen molar-refractivity contribution in [3.8, 4) is 0 Å². The molecule has 3 heterocycles. The van der Waals surface area contributed by atoms with Crippen LogP contribution in [0.25, 0.3) is 0 Å². The molecule has 2 aromatic heterocycles. The first-order chi connectivity index (χ1) is 12.5. The molecule has 1 unspecified atom stereocenters. The van der Waals surface area contributed by atoms with Gasteiger partial charge >= 0.3 is 0 Å². The van der Waals surface area contributed by atoms with Gasteiger partial charge in [-0.15, -0.1) is 0 Å². The molecule has 1 aliphatic rings. The highest BCUT2D eigenvalue weighted by Crippen LogP contribution is 2.20. The number of rotatable bonds is 5. The Morgan fingerprint density at radius 1 is 1.12 bits per heavy atom. The largest absolute Gasteiger partial charge is 0.362 e. The lowest BCUT2D eigenvalue weighted by Crippen LogP contribution is -2.35. The Morgan fingerprint density at radius 3 is 2.65 bits per heavy atom. The van der Waals surface area contributed by atoms with Crippen molar-refractivity contribution in [2.75, 3.05) is 45.7 Å². The summed E-state index contributed by atoms with van der Waals surface area (Å²) in [5, 5.41) is 0. The average Bonchev–Trinajstić information content (AvgIpc) is 2.77.